The Labute approximate surface area is 90.4 Å². The van der Waals surface area contributed by atoms with Gasteiger partial charge in [0.1, 0.15) is 5.82 Å². The fraction of sp³-hybridized carbons (Fsp3) is 0.222. The van der Waals surface area contributed by atoms with E-state index in [1.54, 1.807) is 19.1 Å². The summed E-state index contributed by atoms with van der Waals surface area (Å²) in [6, 6.07) is 4.87. The monoisotopic (exact) mass is 262 g/mol. The fourth-order valence-corrected chi connectivity index (χ4v) is 1.08. The molecule has 0 bridgehead atoms. The molecule has 5 heteroatoms. The lowest BCUT2D eigenvalue weighted by molar-refractivity contribution is -0.116. The quantitative estimate of drug-likeness (QED) is 0.802. The minimum atomic E-state index is -0.468. The molecule has 1 rings (SSSR count). The average Bonchev–Trinajstić information content (AvgIpc) is 2.13. The van der Waals surface area contributed by atoms with Crippen molar-refractivity contribution in [2.24, 2.45) is 11.5 Å². The Kier molecular flexibility index (Phi) is 6.07. The summed E-state index contributed by atoms with van der Waals surface area (Å²) in [6.45, 7) is 1.68. The lowest BCUT2D eigenvalue weighted by atomic mass is 10.2. The van der Waals surface area contributed by atoms with Gasteiger partial charge in [0.05, 0.1) is 6.54 Å². The zero-order valence-electron chi connectivity index (χ0n) is 7.76. The Morgan fingerprint density at radius 2 is 2.07 bits per heavy atom. The van der Waals surface area contributed by atoms with Crippen molar-refractivity contribution in [2.75, 3.05) is 6.54 Å². The van der Waals surface area contributed by atoms with Gasteiger partial charge in [-0.25, -0.2) is 4.39 Å². The Hall–Kier alpha value is -0.940. The predicted octanol–water partition coefficient (Wildman–Crippen LogP) is 1.33. The van der Waals surface area contributed by atoms with Gasteiger partial charge in [-0.05, 0) is 30.7 Å². The smallest absolute Gasteiger partial charge is 0.231 e. The number of aryl methyl sites for hydroxylation is 1. The normalized spacial score (nSPS) is 8.86. The SMILES string of the molecule is Cc1cc(Br)ccc1F.NCC(N)=O. The van der Waals surface area contributed by atoms with E-state index in [1.165, 1.54) is 6.07 Å². The first-order valence-electron chi connectivity index (χ1n) is 3.87. The number of carbonyl (C=O) groups is 1. The molecule has 0 aliphatic heterocycles. The maximum Gasteiger partial charge on any atom is 0.231 e. The number of benzene rings is 1. The molecule has 0 spiro atoms. The van der Waals surface area contributed by atoms with Crippen molar-refractivity contribution >= 4 is 21.8 Å². The topological polar surface area (TPSA) is 69.1 Å². The Morgan fingerprint density at radius 1 is 1.57 bits per heavy atom. The van der Waals surface area contributed by atoms with E-state index in [0.29, 0.717) is 5.56 Å². The second kappa shape index (κ2) is 6.50. The third-order valence-electron chi connectivity index (χ3n) is 1.32. The van der Waals surface area contributed by atoms with Crippen molar-refractivity contribution in [1.82, 2.24) is 0 Å². The van der Waals surface area contributed by atoms with E-state index in [1.807, 2.05) is 0 Å². The molecule has 1 amide bonds. The van der Waals surface area contributed by atoms with Crippen LogP contribution >= 0.6 is 15.9 Å². The van der Waals surface area contributed by atoms with Crippen molar-refractivity contribution in [3.63, 3.8) is 0 Å². The van der Waals surface area contributed by atoms with Gasteiger partial charge in [0.15, 0.2) is 0 Å². The summed E-state index contributed by atoms with van der Waals surface area (Å²) in [4.78, 5) is 9.47. The van der Waals surface area contributed by atoms with E-state index in [9.17, 15) is 9.18 Å². The van der Waals surface area contributed by atoms with E-state index in [4.69, 9.17) is 5.73 Å². The van der Waals surface area contributed by atoms with E-state index in [-0.39, 0.29) is 12.4 Å². The number of rotatable bonds is 1. The van der Waals surface area contributed by atoms with Crippen LogP contribution < -0.4 is 11.5 Å². The minimum Gasteiger partial charge on any atom is -0.369 e. The van der Waals surface area contributed by atoms with Crippen LogP contribution in [0.2, 0.25) is 0 Å². The van der Waals surface area contributed by atoms with Crippen LogP contribution in [0.1, 0.15) is 5.56 Å². The highest BCUT2D eigenvalue weighted by atomic mass is 79.9. The second-order valence-electron chi connectivity index (χ2n) is 2.56. The number of hydrogen-bond acceptors (Lipinski definition) is 2. The number of carbonyl (C=O) groups excluding carboxylic acids is 1. The first kappa shape index (κ1) is 13.1. The van der Waals surface area contributed by atoms with Crippen LogP contribution in [0.3, 0.4) is 0 Å². The molecule has 0 heterocycles. The van der Waals surface area contributed by atoms with Gasteiger partial charge in [-0.1, -0.05) is 15.9 Å². The first-order valence-corrected chi connectivity index (χ1v) is 4.66. The second-order valence-corrected chi connectivity index (χ2v) is 3.48. The van der Waals surface area contributed by atoms with E-state index in [2.05, 4.69) is 21.7 Å². The van der Waals surface area contributed by atoms with Gasteiger partial charge in [0.25, 0.3) is 0 Å². The molecule has 1 aromatic carbocycles. The summed E-state index contributed by atoms with van der Waals surface area (Å²) >= 11 is 3.23. The van der Waals surface area contributed by atoms with Crippen molar-refractivity contribution in [3.05, 3.63) is 34.1 Å². The number of nitrogens with two attached hydrogens (primary N) is 2. The van der Waals surface area contributed by atoms with Crippen LogP contribution in [-0.4, -0.2) is 12.5 Å². The van der Waals surface area contributed by atoms with Crippen LogP contribution in [0.25, 0.3) is 0 Å². The predicted molar refractivity (Wildman–Crippen MR) is 57.1 cm³/mol. The number of halogens is 2. The van der Waals surface area contributed by atoms with Gasteiger partial charge >= 0.3 is 0 Å². The van der Waals surface area contributed by atoms with Crippen LogP contribution in [0, 0.1) is 12.7 Å². The van der Waals surface area contributed by atoms with Crippen LogP contribution in [0.15, 0.2) is 22.7 Å². The van der Waals surface area contributed by atoms with Gasteiger partial charge in [0.2, 0.25) is 5.91 Å². The fourth-order valence-electron chi connectivity index (χ4n) is 0.608. The molecule has 3 nitrogen and oxygen atoms in total. The van der Waals surface area contributed by atoms with E-state index >= 15 is 0 Å². The Bertz CT molecular complexity index is 318. The molecule has 0 aliphatic carbocycles. The Morgan fingerprint density at radius 3 is 2.36 bits per heavy atom. The molecule has 78 valence electrons. The molecule has 1 aromatic rings. The summed E-state index contributed by atoms with van der Waals surface area (Å²) in [7, 11) is 0. The summed E-state index contributed by atoms with van der Waals surface area (Å²) < 4.78 is 13.4. The largest absolute Gasteiger partial charge is 0.369 e. The van der Waals surface area contributed by atoms with Crippen molar-refractivity contribution < 1.29 is 9.18 Å². The van der Waals surface area contributed by atoms with Crippen molar-refractivity contribution in [1.29, 1.82) is 0 Å². The highest BCUT2D eigenvalue weighted by Gasteiger charge is 1.94. The zero-order chi connectivity index (χ0) is 11.1. The standard InChI is InChI=1S/C7H6BrF.C2H6N2O/c1-5-4-6(8)2-3-7(5)9;3-1-2(4)5/h2-4H,1H3;1,3H2,(H2,4,5). The third-order valence-corrected chi connectivity index (χ3v) is 1.81. The van der Waals surface area contributed by atoms with E-state index in [0.717, 1.165) is 4.47 Å². The molecule has 0 aliphatic rings. The molecular formula is C9H12BrFN2O. The lowest BCUT2D eigenvalue weighted by Gasteiger charge is -1.93. The van der Waals surface area contributed by atoms with Crippen LogP contribution in [0.5, 0.6) is 0 Å². The summed E-state index contributed by atoms with van der Waals surface area (Å²) in [6.07, 6.45) is 0. The summed E-state index contributed by atoms with van der Waals surface area (Å²) in [5.41, 5.74) is 9.90. The van der Waals surface area contributed by atoms with Gasteiger partial charge in [-0.3, -0.25) is 4.79 Å². The minimum absolute atomic E-state index is 0.0556. The summed E-state index contributed by atoms with van der Waals surface area (Å²) in [5, 5.41) is 0. The maximum atomic E-state index is 12.5. The molecule has 0 unspecified atom stereocenters. The number of primary amides is 1. The Balaban J connectivity index is 0.000000292. The van der Waals surface area contributed by atoms with Crippen molar-refractivity contribution in [3.8, 4) is 0 Å². The molecule has 0 aromatic heterocycles. The molecule has 0 saturated carbocycles. The van der Waals surface area contributed by atoms with Crippen LogP contribution in [0.4, 0.5) is 4.39 Å². The first-order chi connectivity index (χ1) is 6.47. The summed E-state index contributed by atoms with van der Waals surface area (Å²) in [5.74, 6) is -0.622. The number of hydrogen-bond donors (Lipinski definition) is 2. The highest BCUT2D eigenvalue weighted by Crippen LogP contribution is 2.13. The molecular weight excluding hydrogens is 251 g/mol. The van der Waals surface area contributed by atoms with Gasteiger partial charge in [-0.15, -0.1) is 0 Å². The van der Waals surface area contributed by atoms with Gasteiger partial charge < -0.3 is 11.5 Å². The lowest BCUT2D eigenvalue weighted by Crippen LogP contribution is -2.21. The molecule has 0 atom stereocenters. The van der Waals surface area contributed by atoms with Crippen LogP contribution in [-0.2, 0) is 4.79 Å². The molecule has 0 radical (unpaired) electrons. The maximum absolute atomic E-state index is 12.5. The molecule has 4 N–H and O–H groups in total. The number of amides is 1. The van der Waals surface area contributed by atoms with Crippen molar-refractivity contribution in [2.45, 2.75) is 6.92 Å². The molecule has 0 saturated heterocycles. The zero-order valence-corrected chi connectivity index (χ0v) is 9.34. The average molecular weight is 263 g/mol. The third kappa shape index (κ3) is 5.66. The highest BCUT2D eigenvalue weighted by molar-refractivity contribution is 9.10. The van der Waals surface area contributed by atoms with Gasteiger partial charge in [0, 0.05) is 4.47 Å². The van der Waals surface area contributed by atoms with Gasteiger partial charge in [-0.2, -0.15) is 0 Å². The van der Waals surface area contributed by atoms with E-state index < -0.39 is 5.91 Å². The molecule has 0 fully saturated rings. The molecule has 14 heavy (non-hydrogen) atoms.